The molecule has 5 nitrogen and oxygen atoms in total. The minimum absolute atomic E-state index is 0.108. The summed E-state index contributed by atoms with van der Waals surface area (Å²) in [5, 5.41) is 6.53. The van der Waals surface area contributed by atoms with E-state index in [1.165, 1.54) is 18.5 Å². The lowest BCUT2D eigenvalue weighted by Gasteiger charge is -2.11. The van der Waals surface area contributed by atoms with Gasteiger partial charge in [-0.05, 0) is 18.2 Å². The molecule has 0 unspecified atom stereocenters. The molecule has 3 N–H and O–H groups in total. The Hall–Kier alpha value is -2.18. The first-order chi connectivity index (χ1) is 8.66. The number of benzene rings is 1. The van der Waals surface area contributed by atoms with Gasteiger partial charge in [-0.1, -0.05) is 5.16 Å². The molecule has 0 atom stereocenters. The Bertz CT molecular complexity index is 502. The Morgan fingerprint density at radius 3 is 2.89 bits per heavy atom. The maximum Gasteiger partial charge on any atom is 0.265 e. The van der Waals surface area contributed by atoms with Crippen LogP contribution in [0.4, 0.5) is 20.2 Å². The molecule has 0 radical (unpaired) electrons. The van der Waals surface area contributed by atoms with Crippen molar-refractivity contribution < 1.29 is 13.3 Å². The molecule has 2 rings (SSSR count). The van der Waals surface area contributed by atoms with Crippen LogP contribution in [-0.4, -0.2) is 16.7 Å². The lowest BCUT2D eigenvalue weighted by molar-refractivity contribution is 0.152. The van der Waals surface area contributed by atoms with E-state index < -0.39 is 6.43 Å². The molecule has 0 aliphatic rings. The molecular formula is C11H12F2N4O. The molecule has 1 aromatic heterocycles. The van der Waals surface area contributed by atoms with Gasteiger partial charge in [0, 0.05) is 29.9 Å². The third-order valence-corrected chi connectivity index (χ3v) is 2.38. The van der Waals surface area contributed by atoms with Crippen LogP contribution in [0.2, 0.25) is 0 Å². The quantitative estimate of drug-likeness (QED) is 0.800. The van der Waals surface area contributed by atoms with Gasteiger partial charge in [0.1, 0.15) is 0 Å². The van der Waals surface area contributed by atoms with E-state index in [2.05, 4.69) is 20.0 Å². The molecule has 7 heteroatoms. The number of nitrogens with zero attached hydrogens (tertiary/aromatic N) is 2. The highest BCUT2D eigenvalue weighted by Gasteiger charge is 2.13. The van der Waals surface area contributed by atoms with Crippen LogP contribution in [0, 0.1) is 0 Å². The highest BCUT2D eigenvalue weighted by Crippen LogP contribution is 2.28. The first-order valence-electron chi connectivity index (χ1n) is 5.33. The second-order valence-electron chi connectivity index (χ2n) is 3.67. The maximum absolute atomic E-state index is 12.8. The van der Waals surface area contributed by atoms with Gasteiger partial charge in [-0.15, -0.1) is 0 Å². The van der Waals surface area contributed by atoms with Crippen LogP contribution in [0.25, 0.3) is 0 Å². The smallest absolute Gasteiger partial charge is 0.265 e. The number of hydrogen-bond acceptors (Lipinski definition) is 5. The number of alkyl halides is 2. The summed E-state index contributed by atoms with van der Waals surface area (Å²) < 4.78 is 30.1. The summed E-state index contributed by atoms with van der Waals surface area (Å²) in [6.45, 7) is 0.434. The van der Waals surface area contributed by atoms with E-state index in [9.17, 15) is 8.78 Å². The molecule has 0 fully saturated rings. The Morgan fingerprint density at radius 2 is 2.22 bits per heavy atom. The van der Waals surface area contributed by atoms with Crippen LogP contribution in [-0.2, 0) is 6.42 Å². The Balaban J connectivity index is 2.00. The predicted molar refractivity (Wildman–Crippen MR) is 62.3 cm³/mol. The molecule has 2 aromatic rings. The minimum atomic E-state index is -2.57. The number of anilines is 2. The number of rotatable bonds is 5. The normalized spacial score (nSPS) is 10.8. The zero-order valence-corrected chi connectivity index (χ0v) is 9.44. The fourth-order valence-electron chi connectivity index (χ4n) is 1.53. The van der Waals surface area contributed by atoms with Crippen LogP contribution in [0.5, 0.6) is 0 Å². The molecule has 1 aromatic carbocycles. The molecule has 96 valence electrons. The van der Waals surface area contributed by atoms with Crippen LogP contribution in [0.1, 0.15) is 17.8 Å². The number of nitrogens with one attached hydrogen (secondary N) is 1. The van der Waals surface area contributed by atoms with Crippen LogP contribution >= 0.6 is 0 Å². The third-order valence-electron chi connectivity index (χ3n) is 2.38. The lowest BCUT2D eigenvalue weighted by atomic mass is 10.1. The zero-order valence-electron chi connectivity index (χ0n) is 9.44. The Morgan fingerprint density at radius 1 is 1.39 bits per heavy atom. The van der Waals surface area contributed by atoms with Gasteiger partial charge in [-0.2, -0.15) is 4.98 Å². The van der Waals surface area contributed by atoms with Crippen molar-refractivity contribution in [2.24, 2.45) is 0 Å². The van der Waals surface area contributed by atoms with Gasteiger partial charge in [0.15, 0.2) is 5.82 Å². The number of nitrogen functional groups attached to an aromatic ring is 1. The summed E-state index contributed by atoms with van der Waals surface area (Å²) >= 11 is 0. The van der Waals surface area contributed by atoms with Crippen molar-refractivity contribution in [3.8, 4) is 0 Å². The summed E-state index contributed by atoms with van der Waals surface area (Å²) in [7, 11) is 0. The molecule has 0 bridgehead atoms. The van der Waals surface area contributed by atoms with E-state index in [0.717, 1.165) is 0 Å². The fourth-order valence-corrected chi connectivity index (χ4v) is 1.53. The molecule has 1 heterocycles. The van der Waals surface area contributed by atoms with Crippen LogP contribution < -0.4 is 11.1 Å². The number of hydrogen-bond donors (Lipinski definition) is 2. The number of nitrogens with two attached hydrogens (primary N) is 1. The van der Waals surface area contributed by atoms with E-state index in [1.54, 1.807) is 6.07 Å². The molecule has 18 heavy (non-hydrogen) atoms. The van der Waals surface area contributed by atoms with Gasteiger partial charge in [-0.25, -0.2) is 8.78 Å². The van der Waals surface area contributed by atoms with Crippen LogP contribution in [0.3, 0.4) is 0 Å². The zero-order chi connectivity index (χ0) is 13.0. The minimum Gasteiger partial charge on any atom is -0.399 e. The van der Waals surface area contributed by atoms with Crippen molar-refractivity contribution in [3.63, 3.8) is 0 Å². The van der Waals surface area contributed by atoms with E-state index >= 15 is 0 Å². The van der Waals surface area contributed by atoms with E-state index in [4.69, 9.17) is 5.73 Å². The van der Waals surface area contributed by atoms with Crippen molar-refractivity contribution in [2.45, 2.75) is 12.8 Å². The van der Waals surface area contributed by atoms with Crippen molar-refractivity contribution in [2.75, 3.05) is 17.6 Å². The SMILES string of the molecule is Nc1ccc(NCCc2ncon2)c(C(F)F)c1. The van der Waals surface area contributed by atoms with Gasteiger partial charge in [0.25, 0.3) is 6.43 Å². The first kappa shape index (κ1) is 12.3. The average Bonchev–Trinajstić information content (AvgIpc) is 2.84. The Kier molecular flexibility index (Phi) is 3.71. The molecule has 0 saturated heterocycles. The first-order valence-corrected chi connectivity index (χ1v) is 5.33. The summed E-state index contributed by atoms with van der Waals surface area (Å²) in [6, 6.07) is 4.37. The maximum atomic E-state index is 12.8. The summed E-state index contributed by atoms with van der Waals surface area (Å²) in [5.41, 5.74) is 6.05. The van der Waals surface area contributed by atoms with E-state index in [1.807, 2.05) is 0 Å². The van der Waals surface area contributed by atoms with Gasteiger partial charge in [0.2, 0.25) is 6.39 Å². The third kappa shape index (κ3) is 2.93. The molecular weight excluding hydrogens is 242 g/mol. The fraction of sp³-hybridized carbons (Fsp3) is 0.273. The van der Waals surface area contributed by atoms with Crippen molar-refractivity contribution in [1.29, 1.82) is 0 Å². The largest absolute Gasteiger partial charge is 0.399 e. The second kappa shape index (κ2) is 5.44. The van der Waals surface area contributed by atoms with Gasteiger partial charge in [-0.3, -0.25) is 0 Å². The second-order valence-corrected chi connectivity index (χ2v) is 3.67. The average molecular weight is 254 g/mol. The van der Waals surface area contributed by atoms with Gasteiger partial charge < -0.3 is 15.6 Å². The number of aromatic nitrogens is 2. The van der Waals surface area contributed by atoms with Gasteiger partial charge in [0.05, 0.1) is 0 Å². The highest BCUT2D eigenvalue weighted by atomic mass is 19.3. The van der Waals surface area contributed by atoms with Crippen molar-refractivity contribution in [1.82, 2.24) is 10.1 Å². The molecule has 0 saturated carbocycles. The van der Waals surface area contributed by atoms with E-state index in [0.29, 0.717) is 30.2 Å². The summed E-state index contributed by atoms with van der Waals surface area (Å²) in [4.78, 5) is 3.83. The molecule has 0 aliphatic heterocycles. The lowest BCUT2D eigenvalue weighted by Crippen LogP contribution is -2.08. The molecule has 0 aliphatic carbocycles. The highest BCUT2D eigenvalue weighted by molar-refractivity contribution is 5.58. The summed E-state index contributed by atoms with van der Waals surface area (Å²) in [5.74, 6) is 0.525. The predicted octanol–water partition coefficient (Wildman–Crippen LogP) is 2.24. The van der Waals surface area contributed by atoms with Crippen molar-refractivity contribution >= 4 is 11.4 Å². The van der Waals surface area contributed by atoms with Crippen molar-refractivity contribution in [3.05, 3.63) is 36.0 Å². The molecule has 0 spiro atoms. The Labute approximate surface area is 102 Å². The van der Waals surface area contributed by atoms with E-state index in [-0.39, 0.29) is 5.56 Å². The standard InChI is InChI=1S/C11H12F2N4O/c12-11(13)8-5-7(14)1-2-9(8)15-4-3-10-16-6-18-17-10/h1-2,5-6,11,15H,3-4,14H2. The monoisotopic (exact) mass is 254 g/mol. The summed E-state index contributed by atoms with van der Waals surface area (Å²) in [6.07, 6.45) is -0.853. The van der Waals surface area contributed by atoms with Crippen LogP contribution in [0.15, 0.2) is 29.1 Å². The number of halogens is 2. The molecule has 0 amide bonds. The van der Waals surface area contributed by atoms with Gasteiger partial charge >= 0.3 is 0 Å². The topological polar surface area (TPSA) is 77.0 Å².